The van der Waals surface area contributed by atoms with Crippen LogP contribution >= 0.6 is 11.3 Å². The summed E-state index contributed by atoms with van der Waals surface area (Å²) in [6, 6.07) is 0. The van der Waals surface area contributed by atoms with Gasteiger partial charge in [-0.25, -0.2) is 9.78 Å². The summed E-state index contributed by atoms with van der Waals surface area (Å²) in [6.07, 6.45) is 3.64. The monoisotopic (exact) mass is 265 g/mol. The molecule has 0 bridgehead atoms. The molecule has 0 N–H and O–H groups in total. The molecule has 0 amide bonds. The van der Waals surface area contributed by atoms with E-state index in [-0.39, 0.29) is 11.1 Å². The number of hydrogen-bond donors (Lipinski definition) is 0. The predicted molar refractivity (Wildman–Crippen MR) is 74.3 cm³/mol. The van der Waals surface area contributed by atoms with E-state index in [0.717, 1.165) is 10.7 Å². The van der Waals surface area contributed by atoms with Gasteiger partial charge >= 0.3 is 5.69 Å². The zero-order valence-corrected chi connectivity index (χ0v) is 12.1. The van der Waals surface area contributed by atoms with Crippen LogP contribution in [0.5, 0.6) is 0 Å². The number of hydrogen-bond acceptors (Lipinski definition) is 3. The predicted octanol–water partition coefficient (Wildman–Crippen LogP) is 2.47. The number of thiazole rings is 1. The lowest BCUT2D eigenvalue weighted by atomic mass is 9.93. The Morgan fingerprint density at radius 2 is 1.94 bits per heavy atom. The lowest BCUT2D eigenvalue weighted by Gasteiger charge is -2.14. The van der Waals surface area contributed by atoms with E-state index >= 15 is 0 Å². The normalized spacial score (nSPS) is 12.0. The van der Waals surface area contributed by atoms with Crippen LogP contribution < -0.4 is 5.69 Å². The van der Waals surface area contributed by atoms with Crippen molar-refractivity contribution in [2.24, 2.45) is 0 Å². The minimum absolute atomic E-state index is 0.0324. The first kappa shape index (κ1) is 13.1. The van der Waals surface area contributed by atoms with E-state index in [1.165, 1.54) is 0 Å². The van der Waals surface area contributed by atoms with Crippen LogP contribution in [-0.4, -0.2) is 14.1 Å². The van der Waals surface area contributed by atoms with E-state index in [2.05, 4.69) is 31.1 Å². The maximum Gasteiger partial charge on any atom is 0.328 e. The van der Waals surface area contributed by atoms with Gasteiger partial charge in [0.15, 0.2) is 0 Å². The van der Waals surface area contributed by atoms with Crippen LogP contribution in [0.2, 0.25) is 0 Å². The Hall–Kier alpha value is -1.36. The fourth-order valence-electron chi connectivity index (χ4n) is 1.69. The first-order valence-corrected chi connectivity index (χ1v) is 7.00. The van der Waals surface area contributed by atoms with Crippen LogP contribution in [0.15, 0.2) is 22.6 Å². The Bertz CT molecular complexity index is 586. The molecule has 2 rings (SSSR count). The molecule has 5 heteroatoms. The maximum atomic E-state index is 11.9. The molecular weight excluding hydrogens is 246 g/mol. The second-order valence-electron chi connectivity index (χ2n) is 5.37. The van der Waals surface area contributed by atoms with E-state index in [1.807, 2.05) is 19.3 Å². The standard InChI is InChI=1S/C13H19N3OS/c1-5-15-6-7-16(12(15)17)8-11-14-10(9-18-11)13(2,3)4/h6-7,9H,5,8H2,1-4H3. The van der Waals surface area contributed by atoms with Crippen molar-refractivity contribution in [3.8, 4) is 0 Å². The number of imidazole rings is 1. The Balaban J connectivity index is 2.22. The molecule has 0 aromatic carbocycles. The minimum atomic E-state index is 0.0324. The molecule has 0 aliphatic heterocycles. The molecule has 4 nitrogen and oxygen atoms in total. The fourth-order valence-corrected chi connectivity index (χ4v) is 2.71. The SMILES string of the molecule is CCn1ccn(Cc2nc(C(C)(C)C)cs2)c1=O. The Morgan fingerprint density at radius 1 is 1.28 bits per heavy atom. The van der Waals surface area contributed by atoms with Gasteiger partial charge in [0.1, 0.15) is 5.01 Å². The zero-order chi connectivity index (χ0) is 13.3. The van der Waals surface area contributed by atoms with Gasteiger partial charge in [-0.05, 0) is 6.92 Å². The molecule has 0 spiro atoms. The summed E-state index contributed by atoms with van der Waals surface area (Å²) < 4.78 is 3.40. The third-order valence-corrected chi connectivity index (χ3v) is 3.72. The number of nitrogens with zero attached hydrogens (tertiary/aromatic N) is 3. The Kier molecular flexibility index (Phi) is 3.43. The molecule has 0 aliphatic rings. The van der Waals surface area contributed by atoms with E-state index < -0.39 is 0 Å². The van der Waals surface area contributed by atoms with Gasteiger partial charge in [0, 0.05) is 29.7 Å². The van der Waals surface area contributed by atoms with E-state index in [4.69, 9.17) is 0 Å². The molecule has 98 valence electrons. The summed E-state index contributed by atoms with van der Waals surface area (Å²) in [4.78, 5) is 16.5. The number of rotatable bonds is 3. The summed E-state index contributed by atoms with van der Waals surface area (Å²) in [7, 11) is 0. The van der Waals surface area contributed by atoms with Gasteiger partial charge in [0.25, 0.3) is 0 Å². The summed E-state index contributed by atoms with van der Waals surface area (Å²) in [5, 5.41) is 3.06. The highest BCUT2D eigenvalue weighted by molar-refractivity contribution is 7.09. The smallest absolute Gasteiger partial charge is 0.300 e. The van der Waals surface area contributed by atoms with E-state index in [9.17, 15) is 4.79 Å². The van der Waals surface area contributed by atoms with Gasteiger partial charge in [0.2, 0.25) is 0 Å². The maximum absolute atomic E-state index is 11.9. The largest absolute Gasteiger partial charge is 0.328 e. The van der Waals surface area contributed by atoms with Crippen molar-refractivity contribution in [1.29, 1.82) is 0 Å². The lowest BCUT2D eigenvalue weighted by molar-refractivity contribution is 0.568. The average molecular weight is 265 g/mol. The van der Waals surface area contributed by atoms with Gasteiger partial charge in [-0.15, -0.1) is 11.3 Å². The van der Waals surface area contributed by atoms with Gasteiger partial charge in [-0.1, -0.05) is 20.8 Å². The van der Waals surface area contributed by atoms with Crippen molar-refractivity contribution in [3.05, 3.63) is 39.0 Å². The van der Waals surface area contributed by atoms with E-state index in [1.54, 1.807) is 20.5 Å². The highest BCUT2D eigenvalue weighted by Crippen LogP contribution is 2.24. The van der Waals surface area contributed by atoms with Crippen molar-refractivity contribution in [1.82, 2.24) is 14.1 Å². The van der Waals surface area contributed by atoms with E-state index in [0.29, 0.717) is 13.1 Å². The number of aryl methyl sites for hydroxylation is 1. The molecule has 0 aliphatic carbocycles. The molecule has 2 heterocycles. The summed E-state index contributed by atoms with van der Waals surface area (Å²) in [5.41, 5.74) is 1.19. The molecule has 0 atom stereocenters. The van der Waals surface area contributed by atoms with Crippen LogP contribution in [0.25, 0.3) is 0 Å². The quantitative estimate of drug-likeness (QED) is 0.855. The highest BCUT2D eigenvalue weighted by atomic mass is 32.1. The summed E-state index contributed by atoms with van der Waals surface area (Å²) >= 11 is 1.62. The third kappa shape index (κ3) is 2.56. The van der Waals surface area contributed by atoms with Crippen LogP contribution in [0, 0.1) is 0 Å². The molecule has 0 radical (unpaired) electrons. The van der Waals surface area contributed by atoms with Crippen molar-refractivity contribution in [2.45, 2.75) is 46.2 Å². The van der Waals surface area contributed by atoms with Crippen LogP contribution in [0.3, 0.4) is 0 Å². The zero-order valence-electron chi connectivity index (χ0n) is 11.3. The second-order valence-corrected chi connectivity index (χ2v) is 6.31. The number of aromatic nitrogens is 3. The fraction of sp³-hybridized carbons (Fsp3) is 0.538. The van der Waals surface area contributed by atoms with Gasteiger partial charge in [0.05, 0.1) is 12.2 Å². The average Bonchev–Trinajstić information content (AvgIpc) is 2.87. The van der Waals surface area contributed by atoms with Gasteiger partial charge < -0.3 is 0 Å². The van der Waals surface area contributed by atoms with Crippen molar-refractivity contribution in [3.63, 3.8) is 0 Å². The first-order chi connectivity index (χ1) is 8.41. The molecule has 0 saturated carbocycles. The molecule has 0 saturated heterocycles. The van der Waals surface area contributed by atoms with Gasteiger partial charge in [-0.2, -0.15) is 0 Å². The highest BCUT2D eigenvalue weighted by Gasteiger charge is 2.17. The Labute approximate surface area is 111 Å². The topological polar surface area (TPSA) is 39.8 Å². The van der Waals surface area contributed by atoms with Crippen LogP contribution in [-0.2, 0) is 18.5 Å². The minimum Gasteiger partial charge on any atom is -0.300 e. The first-order valence-electron chi connectivity index (χ1n) is 6.12. The van der Waals surface area contributed by atoms with Crippen molar-refractivity contribution >= 4 is 11.3 Å². The second kappa shape index (κ2) is 4.72. The summed E-state index contributed by atoms with van der Waals surface area (Å²) in [6.45, 7) is 9.67. The van der Waals surface area contributed by atoms with Crippen LogP contribution in [0.1, 0.15) is 38.4 Å². The molecular formula is C13H19N3OS. The Morgan fingerprint density at radius 3 is 2.44 bits per heavy atom. The van der Waals surface area contributed by atoms with Crippen LogP contribution in [0.4, 0.5) is 0 Å². The van der Waals surface area contributed by atoms with Gasteiger partial charge in [-0.3, -0.25) is 9.13 Å². The molecule has 0 unspecified atom stereocenters. The molecule has 0 fully saturated rings. The van der Waals surface area contributed by atoms with Crippen molar-refractivity contribution in [2.75, 3.05) is 0 Å². The summed E-state index contributed by atoms with van der Waals surface area (Å²) in [5.74, 6) is 0. The van der Waals surface area contributed by atoms with Crippen molar-refractivity contribution < 1.29 is 0 Å². The lowest BCUT2D eigenvalue weighted by Crippen LogP contribution is -2.23. The molecule has 18 heavy (non-hydrogen) atoms. The molecule has 2 aromatic rings. The third-order valence-electron chi connectivity index (χ3n) is 2.88. The molecule has 2 aromatic heterocycles.